The van der Waals surface area contributed by atoms with E-state index in [4.69, 9.17) is 0 Å². The lowest BCUT2D eigenvalue weighted by molar-refractivity contribution is -0.116. The van der Waals surface area contributed by atoms with Crippen LogP contribution in [0, 0.1) is 0 Å². The average molecular weight is 171 g/mol. The summed E-state index contributed by atoms with van der Waals surface area (Å²) in [7, 11) is 0. The van der Waals surface area contributed by atoms with Crippen molar-refractivity contribution in [1.82, 2.24) is 4.90 Å². The average Bonchev–Trinajstić information content (AvgIpc) is 2.30. The van der Waals surface area contributed by atoms with E-state index in [-0.39, 0.29) is 6.10 Å². The number of hydrogen-bond acceptors (Lipinski definition) is 3. The number of rotatable bonds is 1. The summed E-state index contributed by atoms with van der Waals surface area (Å²) in [5.74, 6) is 0. The van der Waals surface area contributed by atoms with Crippen LogP contribution in [0.25, 0.3) is 0 Å². The van der Waals surface area contributed by atoms with Crippen molar-refractivity contribution in [2.24, 2.45) is 0 Å². The van der Waals surface area contributed by atoms with E-state index in [0.717, 1.165) is 32.4 Å². The maximum Gasteiger partial charge on any atom is 0.0872 e. The molecule has 12 heavy (non-hydrogen) atoms. The molecule has 0 aromatic rings. The molecule has 2 aliphatic rings. The Balaban J connectivity index is 1.87. The van der Waals surface area contributed by atoms with Crippen LogP contribution in [0.15, 0.2) is 0 Å². The summed E-state index contributed by atoms with van der Waals surface area (Å²) in [6.45, 7) is 3.31. The Kier molecular flexibility index (Phi) is 1.90. The number of β-amino-alcohol motifs (C(OH)–C–C–N with tert-alkyl or cyclic N) is 1. The van der Waals surface area contributed by atoms with Crippen molar-refractivity contribution in [3.05, 3.63) is 0 Å². The van der Waals surface area contributed by atoms with Gasteiger partial charge in [-0.3, -0.25) is 4.90 Å². The van der Waals surface area contributed by atoms with Crippen LogP contribution >= 0.6 is 0 Å². The molecule has 3 nitrogen and oxygen atoms in total. The fraction of sp³-hybridized carbons (Fsp3) is 1.00. The summed E-state index contributed by atoms with van der Waals surface area (Å²) in [5, 5.41) is 19.1. The third-order valence-corrected chi connectivity index (χ3v) is 3.00. The highest BCUT2D eigenvalue weighted by Crippen LogP contribution is 2.31. The van der Waals surface area contributed by atoms with Crippen LogP contribution in [0.4, 0.5) is 0 Å². The predicted octanol–water partition coefficient (Wildman–Crippen LogP) is -0.0336. The van der Waals surface area contributed by atoms with Gasteiger partial charge in [-0.05, 0) is 26.2 Å². The Hall–Kier alpha value is -0.120. The quantitative estimate of drug-likeness (QED) is 0.582. The number of hydrogen-bond donors (Lipinski definition) is 2. The number of likely N-dealkylation sites (tertiary alicyclic amines) is 1. The van der Waals surface area contributed by atoms with Gasteiger partial charge in [0.2, 0.25) is 0 Å². The largest absolute Gasteiger partial charge is 0.391 e. The Bertz CT molecular complexity index is 173. The van der Waals surface area contributed by atoms with Gasteiger partial charge in [-0.15, -0.1) is 0 Å². The summed E-state index contributed by atoms with van der Waals surface area (Å²) in [5.41, 5.74) is -0.498. The molecule has 2 N–H and O–H groups in total. The fourth-order valence-electron chi connectivity index (χ4n) is 2.41. The maximum atomic E-state index is 9.57. The zero-order valence-electron chi connectivity index (χ0n) is 7.53. The first-order chi connectivity index (χ1) is 5.58. The molecule has 2 rings (SSSR count). The molecule has 1 heterocycles. The highest BCUT2D eigenvalue weighted by Gasteiger charge is 2.43. The molecule has 0 bridgehead atoms. The third kappa shape index (κ3) is 1.37. The lowest BCUT2D eigenvalue weighted by atomic mass is 9.93. The van der Waals surface area contributed by atoms with Crippen molar-refractivity contribution in [2.75, 3.05) is 13.1 Å². The van der Waals surface area contributed by atoms with Crippen LogP contribution in [0.5, 0.6) is 0 Å². The second-order valence-corrected chi connectivity index (χ2v) is 4.47. The Morgan fingerprint density at radius 3 is 2.42 bits per heavy atom. The molecule has 1 aliphatic heterocycles. The van der Waals surface area contributed by atoms with Crippen molar-refractivity contribution >= 4 is 0 Å². The van der Waals surface area contributed by atoms with Crippen molar-refractivity contribution in [1.29, 1.82) is 0 Å². The molecule has 0 aromatic carbocycles. The first-order valence-corrected chi connectivity index (χ1v) is 4.73. The van der Waals surface area contributed by atoms with Gasteiger partial charge in [0.05, 0.1) is 11.7 Å². The summed E-state index contributed by atoms with van der Waals surface area (Å²) in [6, 6.07) is 0.324. The van der Waals surface area contributed by atoms with Crippen LogP contribution in [0.1, 0.15) is 26.2 Å². The number of aliphatic hydroxyl groups excluding tert-OH is 1. The predicted molar refractivity (Wildman–Crippen MR) is 45.8 cm³/mol. The molecule has 2 atom stereocenters. The summed E-state index contributed by atoms with van der Waals surface area (Å²) < 4.78 is 0. The number of nitrogens with zero attached hydrogens (tertiary/aromatic N) is 1. The third-order valence-electron chi connectivity index (χ3n) is 3.00. The molecular weight excluding hydrogens is 154 g/mol. The second kappa shape index (κ2) is 2.69. The summed E-state index contributed by atoms with van der Waals surface area (Å²) in [6.07, 6.45) is 3.01. The van der Waals surface area contributed by atoms with Gasteiger partial charge in [0, 0.05) is 19.1 Å². The van der Waals surface area contributed by atoms with Crippen molar-refractivity contribution in [3.8, 4) is 0 Å². The SMILES string of the molecule is CC1(O)CN([C@@H]2CCC[C@H]2O)C1. The fourth-order valence-corrected chi connectivity index (χ4v) is 2.41. The van der Waals surface area contributed by atoms with Crippen LogP contribution in [0.2, 0.25) is 0 Å². The van der Waals surface area contributed by atoms with E-state index in [1.807, 2.05) is 6.92 Å². The highest BCUT2D eigenvalue weighted by molar-refractivity contribution is 4.98. The van der Waals surface area contributed by atoms with Gasteiger partial charge >= 0.3 is 0 Å². The van der Waals surface area contributed by atoms with E-state index in [0.29, 0.717) is 6.04 Å². The van der Waals surface area contributed by atoms with E-state index < -0.39 is 5.60 Å². The van der Waals surface area contributed by atoms with Gasteiger partial charge in [-0.25, -0.2) is 0 Å². The smallest absolute Gasteiger partial charge is 0.0872 e. The lowest BCUT2D eigenvalue weighted by Gasteiger charge is -2.48. The molecule has 0 radical (unpaired) electrons. The molecule has 2 fully saturated rings. The summed E-state index contributed by atoms with van der Waals surface area (Å²) >= 11 is 0. The van der Waals surface area contributed by atoms with Crippen LogP contribution < -0.4 is 0 Å². The summed E-state index contributed by atoms with van der Waals surface area (Å²) in [4.78, 5) is 2.19. The lowest BCUT2D eigenvalue weighted by Crippen LogP contribution is -2.64. The standard InChI is InChI=1S/C9H17NO2/c1-9(12)5-10(6-9)7-3-2-4-8(7)11/h7-8,11-12H,2-6H2,1H3/t7-,8-/m1/s1. The van der Waals surface area contributed by atoms with Crippen LogP contribution in [0.3, 0.4) is 0 Å². The van der Waals surface area contributed by atoms with Gasteiger partial charge in [0.25, 0.3) is 0 Å². The number of aliphatic hydroxyl groups is 2. The van der Waals surface area contributed by atoms with Crippen molar-refractivity contribution < 1.29 is 10.2 Å². The van der Waals surface area contributed by atoms with Crippen LogP contribution in [-0.2, 0) is 0 Å². The molecular formula is C9H17NO2. The van der Waals surface area contributed by atoms with E-state index in [1.165, 1.54) is 0 Å². The first kappa shape index (κ1) is 8.48. The minimum absolute atomic E-state index is 0.152. The Labute approximate surface area is 73.0 Å². The normalized spacial score (nSPS) is 41.2. The first-order valence-electron chi connectivity index (χ1n) is 4.73. The molecule has 0 spiro atoms. The molecule has 1 saturated carbocycles. The van der Waals surface area contributed by atoms with E-state index >= 15 is 0 Å². The molecule has 0 amide bonds. The molecule has 1 saturated heterocycles. The van der Waals surface area contributed by atoms with E-state index in [1.54, 1.807) is 0 Å². The minimum atomic E-state index is -0.498. The van der Waals surface area contributed by atoms with Crippen molar-refractivity contribution in [2.45, 2.75) is 43.9 Å². The van der Waals surface area contributed by atoms with Gasteiger partial charge in [-0.1, -0.05) is 0 Å². The van der Waals surface area contributed by atoms with Gasteiger partial charge in [-0.2, -0.15) is 0 Å². The monoisotopic (exact) mass is 171 g/mol. The topological polar surface area (TPSA) is 43.7 Å². The van der Waals surface area contributed by atoms with Gasteiger partial charge in [0.15, 0.2) is 0 Å². The molecule has 1 aliphatic carbocycles. The highest BCUT2D eigenvalue weighted by atomic mass is 16.3. The van der Waals surface area contributed by atoms with Gasteiger partial charge < -0.3 is 10.2 Å². The Morgan fingerprint density at radius 1 is 1.33 bits per heavy atom. The molecule has 3 heteroatoms. The van der Waals surface area contributed by atoms with E-state index in [2.05, 4.69) is 4.90 Å². The second-order valence-electron chi connectivity index (χ2n) is 4.47. The molecule has 70 valence electrons. The molecule has 0 unspecified atom stereocenters. The van der Waals surface area contributed by atoms with Crippen molar-refractivity contribution in [3.63, 3.8) is 0 Å². The zero-order chi connectivity index (χ0) is 8.77. The maximum absolute atomic E-state index is 9.57. The zero-order valence-corrected chi connectivity index (χ0v) is 7.53. The Morgan fingerprint density at radius 2 is 2.00 bits per heavy atom. The van der Waals surface area contributed by atoms with Gasteiger partial charge in [0.1, 0.15) is 0 Å². The minimum Gasteiger partial charge on any atom is -0.391 e. The van der Waals surface area contributed by atoms with E-state index in [9.17, 15) is 10.2 Å². The molecule has 0 aromatic heterocycles. The van der Waals surface area contributed by atoms with Crippen LogP contribution in [-0.4, -0.2) is 45.9 Å².